The summed E-state index contributed by atoms with van der Waals surface area (Å²) in [5.41, 5.74) is 3.46. The van der Waals surface area contributed by atoms with Gasteiger partial charge in [-0.15, -0.1) is 0 Å². The Morgan fingerprint density at radius 2 is 1.39 bits per heavy atom. The summed E-state index contributed by atoms with van der Waals surface area (Å²) in [6.07, 6.45) is 2.00. The number of aromatic nitrogens is 1. The molecule has 0 spiro atoms. The van der Waals surface area contributed by atoms with Gasteiger partial charge in [-0.25, -0.2) is 9.59 Å². The maximum absolute atomic E-state index is 13.9. The Labute approximate surface area is 209 Å². The third-order valence-electron chi connectivity index (χ3n) is 6.37. The predicted molar refractivity (Wildman–Crippen MR) is 137 cm³/mol. The van der Waals surface area contributed by atoms with Gasteiger partial charge in [0.1, 0.15) is 23.8 Å². The van der Waals surface area contributed by atoms with Gasteiger partial charge in [0.15, 0.2) is 0 Å². The third kappa shape index (κ3) is 4.56. The van der Waals surface area contributed by atoms with E-state index in [-0.39, 0.29) is 5.56 Å². The first-order valence-corrected chi connectivity index (χ1v) is 11.9. The van der Waals surface area contributed by atoms with E-state index in [2.05, 4.69) is 11.5 Å². The van der Waals surface area contributed by atoms with Crippen LogP contribution in [-0.2, 0) is 6.54 Å². The predicted octanol–water partition coefficient (Wildman–Crippen LogP) is 5.63. The highest BCUT2D eigenvalue weighted by atomic mass is 16.5. The topological polar surface area (TPSA) is 85.9 Å². The van der Waals surface area contributed by atoms with E-state index in [0.717, 1.165) is 30.4 Å². The van der Waals surface area contributed by atoms with E-state index in [1.807, 2.05) is 36.4 Å². The van der Waals surface area contributed by atoms with Crippen LogP contribution in [0, 0.1) is 13.8 Å². The minimum absolute atomic E-state index is 0.145. The van der Waals surface area contributed by atoms with Gasteiger partial charge < -0.3 is 19.3 Å². The van der Waals surface area contributed by atoms with Gasteiger partial charge in [-0.2, -0.15) is 4.57 Å². The number of carboxylic acid groups (broad SMARTS) is 1. The monoisotopic (exact) mass is 488 g/mol. The number of fused-ring (bicyclic) bond motifs is 2. The molecule has 0 fully saturated rings. The fraction of sp³-hybridized carbons (Fsp3) is 0.276. The van der Waals surface area contributed by atoms with Crippen LogP contribution in [-0.4, -0.2) is 31.3 Å². The summed E-state index contributed by atoms with van der Waals surface area (Å²) in [7, 11) is 3.18. The van der Waals surface area contributed by atoms with Crippen LogP contribution in [0.2, 0.25) is 0 Å². The van der Waals surface area contributed by atoms with Crippen LogP contribution in [0.1, 0.15) is 51.6 Å². The number of esters is 1. The zero-order chi connectivity index (χ0) is 26.0. The number of hydrogen-bond acceptors (Lipinski definition) is 5. The second-order valence-electron chi connectivity index (χ2n) is 8.78. The van der Waals surface area contributed by atoms with E-state index < -0.39 is 11.9 Å². The molecule has 1 heterocycles. The van der Waals surface area contributed by atoms with Crippen molar-refractivity contribution in [1.29, 1.82) is 0 Å². The number of carbonyl (C=O) groups is 2. The molecule has 1 N–H and O–H groups in total. The summed E-state index contributed by atoms with van der Waals surface area (Å²) >= 11 is 0. The molecule has 7 heteroatoms. The standard InChI is InChI=1S/C29H29NO6/c1-6-7-12-30-24-10-8-20(34-4)15-22(24)26(23-16-21(35-5)9-11-25(23)30)29(33)36-27-17(2)13-19(28(31)32)14-18(27)3/h8-11,13-16H,6-7,12H2,1-5H3/p+1. The molecule has 0 aliphatic rings. The summed E-state index contributed by atoms with van der Waals surface area (Å²) in [5.74, 6) is 0.0243. The molecular weight excluding hydrogens is 458 g/mol. The molecule has 4 aromatic rings. The van der Waals surface area contributed by atoms with E-state index in [0.29, 0.717) is 44.7 Å². The Morgan fingerprint density at radius 3 is 1.83 bits per heavy atom. The van der Waals surface area contributed by atoms with Crippen molar-refractivity contribution in [3.8, 4) is 17.2 Å². The Hall–Kier alpha value is -4.13. The zero-order valence-corrected chi connectivity index (χ0v) is 21.2. The number of methoxy groups -OCH3 is 2. The Balaban J connectivity index is 1.99. The molecule has 0 aliphatic carbocycles. The number of benzene rings is 3. The zero-order valence-electron chi connectivity index (χ0n) is 21.2. The minimum atomic E-state index is -1.03. The van der Waals surface area contributed by atoms with Gasteiger partial charge in [0.25, 0.3) is 0 Å². The minimum Gasteiger partial charge on any atom is -0.497 e. The van der Waals surface area contributed by atoms with Gasteiger partial charge in [0.05, 0.1) is 36.1 Å². The van der Waals surface area contributed by atoms with Crippen molar-refractivity contribution in [3.63, 3.8) is 0 Å². The first kappa shape index (κ1) is 25.0. The fourth-order valence-corrected chi connectivity index (χ4v) is 4.59. The lowest BCUT2D eigenvalue weighted by Gasteiger charge is -2.15. The normalized spacial score (nSPS) is 11.0. The van der Waals surface area contributed by atoms with Crippen LogP contribution in [0.5, 0.6) is 17.2 Å². The Morgan fingerprint density at radius 1 is 0.861 bits per heavy atom. The van der Waals surface area contributed by atoms with Crippen molar-refractivity contribution in [3.05, 3.63) is 70.8 Å². The van der Waals surface area contributed by atoms with Gasteiger partial charge in [0, 0.05) is 18.6 Å². The largest absolute Gasteiger partial charge is 0.497 e. The van der Waals surface area contributed by atoms with Crippen LogP contribution >= 0.6 is 0 Å². The van der Waals surface area contributed by atoms with E-state index in [4.69, 9.17) is 14.2 Å². The summed E-state index contributed by atoms with van der Waals surface area (Å²) < 4.78 is 19.1. The molecule has 0 unspecified atom stereocenters. The van der Waals surface area contributed by atoms with Crippen LogP contribution in [0.4, 0.5) is 0 Å². The summed E-state index contributed by atoms with van der Waals surface area (Å²) in [6, 6.07) is 14.4. The number of ether oxygens (including phenoxy) is 3. The highest BCUT2D eigenvalue weighted by Gasteiger charge is 2.27. The first-order chi connectivity index (χ1) is 17.3. The number of rotatable bonds is 8. The molecule has 0 atom stereocenters. The number of unbranched alkanes of at least 4 members (excludes halogenated alkanes) is 1. The molecule has 0 bridgehead atoms. The number of carboxylic acids is 1. The van der Waals surface area contributed by atoms with E-state index in [1.165, 1.54) is 12.1 Å². The quantitative estimate of drug-likeness (QED) is 0.150. The maximum Gasteiger partial charge on any atom is 0.345 e. The summed E-state index contributed by atoms with van der Waals surface area (Å²) in [4.78, 5) is 25.3. The number of aryl methyl sites for hydroxylation is 3. The van der Waals surface area contributed by atoms with Crippen molar-refractivity contribution in [2.45, 2.75) is 40.2 Å². The highest BCUT2D eigenvalue weighted by molar-refractivity contribution is 6.14. The van der Waals surface area contributed by atoms with Gasteiger partial charge in [-0.3, -0.25) is 0 Å². The molecule has 0 radical (unpaired) electrons. The average molecular weight is 489 g/mol. The maximum atomic E-state index is 13.9. The number of hydrogen-bond donors (Lipinski definition) is 1. The lowest BCUT2D eigenvalue weighted by atomic mass is 10.0. The van der Waals surface area contributed by atoms with Gasteiger partial charge >= 0.3 is 11.9 Å². The molecular formula is C29H30NO6+. The smallest absolute Gasteiger partial charge is 0.345 e. The van der Waals surface area contributed by atoms with Crippen molar-refractivity contribution in [2.24, 2.45) is 0 Å². The molecule has 7 nitrogen and oxygen atoms in total. The summed E-state index contributed by atoms with van der Waals surface area (Å²) in [5, 5.41) is 10.8. The molecule has 0 saturated heterocycles. The molecule has 1 aromatic heterocycles. The molecule has 186 valence electrons. The van der Waals surface area contributed by atoms with Gasteiger partial charge in [0.2, 0.25) is 11.0 Å². The number of aromatic carboxylic acids is 1. The fourth-order valence-electron chi connectivity index (χ4n) is 4.59. The molecule has 0 amide bonds. The lowest BCUT2D eigenvalue weighted by Crippen LogP contribution is -2.36. The molecule has 0 aliphatic heterocycles. The van der Waals surface area contributed by atoms with E-state index >= 15 is 0 Å². The van der Waals surface area contributed by atoms with Crippen molar-refractivity contribution in [2.75, 3.05) is 14.2 Å². The number of pyridine rings is 1. The first-order valence-electron chi connectivity index (χ1n) is 11.9. The number of nitrogens with zero attached hydrogens (tertiary/aromatic N) is 1. The molecule has 3 aromatic carbocycles. The van der Waals surface area contributed by atoms with Gasteiger partial charge in [-0.05, 0) is 61.4 Å². The van der Waals surface area contributed by atoms with Crippen LogP contribution < -0.4 is 18.8 Å². The summed E-state index contributed by atoms with van der Waals surface area (Å²) in [6.45, 7) is 6.39. The molecule has 0 saturated carbocycles. The third-order valence-corrected chi connectivity index (χ3v) is 6.37. The second-order valence-corrected chi connectivity index (χ2v) is 8.78. The van der Waals surface area contributed by atoms with Crippen molar-refractivity contribution >= 4 is 33.7 Å². The molecule has 36 heavy (non-hydrogen) atoms. The van der Waals surface area contributed by atoms with Crippen molar-refractivity contribution in [1.82, 2.24) is 0 Å². The van der Waals surface area contributed by atoms with Crippen molar-refractivity contribution < 1.29 is 33.5 Å². The Bertz CT molecular complexity index is 1400. The Kier molecular flexibility index (Phi) is 7.10. The SMILES string of the molecule is CCCC[n+]1c2ccc(OC)cc2c(C(=O)Oc2c(C)cc(C(=O)O)cc2C)c2cc(OC)ccc21. The van der Waals surface area contributed by atoms with E-state index in [1.54, 1.807) is 28.1 Å². The second kappa shape index (κ2) is 10.2. The molecule has 4 rings (SSSR count). The average Bonchev–Trinajstić information content (AvgIpc) is 2.87. The lowest BCUT2D eigenvalue weighted by molar-refractivity contribution is -0.645. The number of carbonyl (C=O) groups excluding carboxylic acids is 1. The van der Waals surface area contributed by atoms with E-state index in [9.17, 15) is 14.7 Å². The van der Waals surface area contributed by atoms with Crippen LogP contribution in [0.3, 0.4) is 0 Å². The van der Waals surface area contributed by atoms with Gasteiger partial charge in [-0.1, -0.05) is 13.3 Å². The van der Waals surface area contributed by atoms with Crippen LogP contribution in [0.15, 0.2) is 48.5 Å². The van der Waals surface area contributed by atoms with Crippen LogP contribution in [0.25, 0.3) is 21.8 Å². The highest BCUT2D eigenvalue weighted by Crippen LogP contribution is 2.33.